The Morgan fingerprint density at radius 3 is 2.48 bits per heavy atom. The van der Waals surface area contributed by atoms with Crippen molar-refractivity contribution in [2.24, 2.45) is 0 Å². The number of benzene rings is 1. The van der Waals surface area contributed by atoms with Gasteiger partial charge in [0, 0.05) is 19.1 Å². The van der Waals surface area contributed by atoms with Crippen molar-refractivity contribution in [1.82, 2.24) is 15.1 Å². The minimum Gasteiger partial charge on any atom is -0.305 e. The van der Waals surface area contributed by atoms with Gasteiger partial charge in [-0.3, -0.25) is 4.68 Å². The van der Waals surface area contributed by atoms with E-state index in [-0.39, 0.29) is 6.04 Å². The highest BCUT2D eigenvalue weighted by Crippen LogP contribution is 2.21. The van der Waals surface area contributed by atoms with Crippen LogP contribution in [0.1, 0.15) is 49.3 Å². The molecule has 0 amide bonds. The first-order valence-electron chi connectivity index (χ1n) is 7.60. The molecule has 0 aliphatic heterocycles. The first-order chi connectivity index (χ1) is 10.1. The zero-order valence-corrected chi connectivity index (χ0v) is 14.0. The van der Waals surface area contributed by atoms with Crippen LogP contribution in [0.5, 0.6) is 0 Å². The third-order valence-corrected chi connectivity index (χ3v) is 4.41. The van der Waals surface area contributed by atoms with Gasteiger partial charge in [0.2, 0.25) is 0 Å². The van der Waals surface area contributed by atoms with Crippen LogP contribution in [0.2, 0.25) is 5.02 Å². The first kappa shape index (κ1) is 16.1. The third kappa shape index (κ3) is 3.66. The summed E-state index contributed by atoms with van der Waals surface area (Å²) >= 11 is 6.34. The maximum atomic E-state index is 6.34. The van der Waals surface area contributed by atoms with Crippen molar-refractivity contribution in [2.45, 2.75) is 53.2 Å². The minimum absolute atomic E-state index is 0.285. The number of halogens is 1. The quantitative estimate of drug-likeness (QED) is 0.863. The lowest BCUT2D eigenvalue weighted by molar-refractivity contribution is 0.531. The monoisotopic (exact) mass is 305 g/mol. The molecular formula is C17H24ClN3. The average Bonchev–Trinajstić information content (AvgIpc) is 2.79. The molecule has 1 N–H and O–H groups in total. The Kier molecular flexibility index (Phi) is 5.43. The molecule has 0 radical (unpaired) electrons. The topological polar surface area (TPSA) is 29.9 Å². The van der Waals surface area contributed by atoms with Crippen molar-refractivity contribution in [3.05, 3.63) is 51.8 Å². The minimum atomic E-state index is 0.285. The summed E-state index contributed by atoms with van der Waals surface area (Å²) in [6.45, 7) is 9.94. The molecule has 0 saturated heterocycles. The Bertz CT molecular complexity index is 587. The number of aryl methyl sites for hydroxylation is 3. The lowest BCUT2D eigenvalue weighted by Gasteiger charge is -2.15. The van der Waals surface area contributed by atoms with Gasteiger partial charge in [-0.2, -0.15) is 5.10 Å². The molecule has 1 atom stereocenters. The Morgan fingerprint density at radius 1 is 1.24 bits per heavy atom. The van der Waals surface area contributed by atoms with Crippen LogP contribution >= 0.6 is 11.6 Å². The summed E-state index contributed by atoms with van der Waals surface area (Å²) in [5, 5.41) is 8.76. The van der Waals surface area contributed by atoms with Gasteiger partial charge >= 0.3 is 0 Å². The van der Waals surface area contributed by atoms with E-state index in [0.717, 1.165) is 35.9 Å². The van der Waals surface area contributed by atoms with E-state index in [0.29, 0.717) is 0 Å². The summed E-state index contributed by atoms with van der Waals surface area (Å²) in [5.74, 6) is 0. The predicted octanol–water partition coefficient (Wildman–Crippen LogP) is 4.28. The fourth-order valence-corrected chi connectivity index (χ4v) is 2.65. The van der Waals surface area contributed by atoms with E-state index in [4.69, 9.17) is 11.6 Å². The van der Waals surface area contributed by atoms with Crippen molar-refractivity contribution in [3.63, 3.8) is 0 Å². The predicted molar refractivity (Wildman–Crippen MR) is 88.7 cm³/mol. The normalized spacial score (nSPS) is 12.6. The highest BCUT2D eigenvalue weighted by atomic mass is 35.5. The largest absolute Gasteiger partial charge is 0.305 e. The molecule has 0 fully saturated rings. The maximum absolute atomic E-state index is 6.34. The summed E-state index contributed by atoms with van der Waals surface area (Å²) in [6.07, 6.45) is 1.08. The number of hydrogen-bond acceptors (Lipinski definition) is 2. The number of rotatable bonds is 6. The van der Waals surface area contributed by atoms with Gasteiger partial charge in [0.25, 0.3) is 0 Å². The Balaban J connectivity index is 2.05. The second-order valence-electron chi connectivity index (χ2n) is 5.36. The van der Waals surface area contributed by atoms with E-state index in [1.807, 2.05) is 11.6 Å². The number of hydrogen-bond donors (Lipinski definition) is 1. The fraction of sp³-hybridized carbons (Fsp3) is 0.471. The molecule has 1 heterocycles. The van der Waals surface area contributed by atoms with Crippen LogP contribution in [0, 0.1) is 6.92 Å². The van der Waals surface area contributed by atoms with Crippen molar-refractivity contribution in [2.75, 3.05) is 0 Å². The third-order valence-electron chi connectivity index (χ3n) is 3.92. The Hall–Kier alpha value is -1.32. The summed E-state index contributed by atoms with van der Waals surface area (Å²) in [4.78, 5) is 0. The van der Waals surface area contributed by atoms with E-state index in [1.165, 1.54) is 11.1 Å². The number of nitrogens with zero attached hydrogens (tertiary/aromatic N) is 2. The molecule has 0 aliphatic rings. The van der Waals surface area contributed by atoms with Crippen LogP contribution in [0.25, 0.3) is 0 Å². The molecule has 0 saturated carbocycles. The molecule has 0 spiro atoms. The van der Waals surface area contributed by atoms with Gasteiger partial charge in [0.1, 0.15) is 0 Å². The average molecular weight is 306 g/mol. The highest BCUT2D eigenvalue weighted by Gasteiger charge is 2.13. The Morgan fingerprint density at radius 2 is 1.90 bits per heavy atom. The molecule has 4 heteroatoms. The standard InChI is InChI=1S/C17H24ClN3/c1-5-14-7-9-15(10-8-14)12(3)19-11-16-17(18)13(4)20-21(16)6-2/h7-10,12,19H,5-6,11H2,1-4H3. The smallest absolute Gasteiger partial charge is 0.0860 e. The van der Waals surface area contributed by atoms with E-state index in [9.17, 15) is 0 Å². The fourth-order valence-electron chi connectivity index (χ4n) is 2.45. The van der Waals surface area contributed by atoms with Crippen LogP contribution in [0.15, 0.2) is 24.3 Å². The zero-order valence-electron chi connectivity index (χ0n) is 13.3. The lowest BCUT2D eigenvalue weighted by atomic mass is 10.0. The van der Waals surface area contributed by atoms with E-state index >= 15 is 0 Å². The summed E-state index contributed by atoms with van der Waals surface area (Å²) in [6, 6.07) is 9.07. The molecule has 2 aromatic rings. The van der Waals surface area contributed by atoms with Gasteiger partial charge in [0.15, 0.2) is 0 Å². The number of aromatic nitrogens is 2. The van der Waals surface area contributed by atoms with Crippen LogP contribution in [-0.2, 0) is 19.5 Å². The van der Waals surface area contributed by atoms with Crippen molar-refractivity contribution in [3.8, 4) is 0 Å². The maximum Gasteiger partial charge on any atom is 0.0860 e. The number of nitrogens with one attached hydrogen (secondary N) is 1. The van der Waals surface area contributed by atoms with E-state index in [1.54, 1.807) is 0 Å². The summed E-state index contributed by atoms with van der Waals surface area (Å²) in [7, 11) is 0. The summed E-state index contributed by atoms with van der Waals surface area (Å²) < 4.78 is 1.97. The van der Waals surface area contributed by atoms with Crippen LogP contribution in [-0.4, -0.2) is 9.78 Å². The summed E-state index contributed by atoms with van der Waals surface area (Å²) in [5.41, 5.74) is 4.63. The lowest BCUT2D eigenvalue weighted by Crippen LogP contribution is -2.20. The van der Waals surface area contributed by atoms with Crippen LogP contribution < -0.4 is 5.32 Å². The van der Waals surface area contributed by atoms with Crippen molar-refractivity contribution >= 4 is 11.6 Å². The van der Waals surface area contributed by atoms with Crippen LogP contribution in [0.4, 0.5) is 0 Å². The molecule has 1 aromatic carbocycles. The Labute approximate surface area is 132 Å². The van der Waals surface area contributed by atoms with Crippen LogP contribution in [0.3, 0.4) is 0 Å². The van der Waals surface area contributed by atoms with Gasteiger partial charge in [-0.25, -0.2) is 0 Å². The molecule has 0 aliphatic carbocycles. The van der Waals surface area contributed by atoms with Crippen molar-refractivity contribution < 1.29 is 0 Å². The van der Waals surface area contributed by atoms with E-state index < -0.39 is 0 Å². The molecule has 0 bridgehead atoms. The van der Waals surface area contributed by atoms with Gasteiger partial charge in [-0.05, 0) is 38.3 Å². The zero-order chi connectivity index (χ0) is 15.4. The second kappa shape index (κ2) is 7.10. The first-order valence-corrected chi connectivity index (χ1v) is 7.98. The van der Waals surface area contributed by atoms with Gasteiger partial charge in [-0.15, -0.1) is 0 Å². The molecule has 2 rings (SSSR count). The van der Waals surface area contributed by atoms with Gasteiger partial charge in [0.05, 0.1) is 16.4 Å². The van der Waals surface area contributed by atoms with Crippen molar-refractivity contribution in [1.29, 1.82) is 0 Å². The van der Waals surface area contributed by atoms with Gasteiger partial charge < -0.3 is 5.32 Å². The molecular weight excluding hydrogens is 282 g/mol. The molecule has 1 unspecified atom stereocenters. The highest BCUT2D eigenvalue weighted by molar-refractivity contribution is 6.31. The SMILES string of the molecule is CCc1ccc(C(C)NCc2c(Cl)c(C)nn2CC)cc1. The molecule has 1 aromatic heterocycles. The van der Waals surface area contributed by atoms with E-state index in [2.05, 4.69) is 55.5 Å². The second-order valence-corrected chi connectivity index (χ2v) is 5.74. The molecule has 114 valence electrons. The molecule has 3 nitrogen and oxygen atoms in total. The molecule has 21 heavy (non-hydrogen) atoms. The van der Waals surface area contributed by atoms with Gasteiger partial charge in [-0.1, -0.05) is 42.8 Å².